The molecule has 0 aliphatic heterocycles. The van der Waals surface area contributed by atoms with Crippen LogP contribution in [0.2, 0.25) is 5.02 Å². The standard InChI is InChI=1S/C13H19ClIN/c14-13-8-4-3-7-12(13)11-16-10-6-2-1-5-9-15/h3-4,7-8,16H,1-2,5-6,9-11H2. The van der Waals surface area contributed by atoms with Crippen LogP contribution in [0.15, 0.2) is 24.3 Å². The fraction of sp³-hybridized carbons (Fsp3) is 0.538. The first kappa shape index (κ1) is 14.3. The maximum absolute atomic E-state index is 6.06. The van der Waals surface area contributed by atoms with Crippen LogP contribution < -0.4 is 5.32 Å². The van der Waals surface area contributed by atoms with Gasteiger partial charge in [-0.15, -0.1) is 0 Å². The predicted molar refractivity (Wildman–Crippen MR) is 80.5 cm³/mol. The summed E-state index contributed by atoms with van der Waals surface area (Å²) in [7, 11) is 0. The average Bonchev–Trinajstić information content (AvgIpc) is 2.30. The van der Waals surface area contributed by atoms with Crippen LogP contribution in [0.5, 0.6) is 0 Å². The lowest BCUT2D eigenvalue weighted by Crippen LogP contribution is -2.14. The second kappa shape index (κ2) is 9.25. The van der Waals surface area contributed by atoms with Crippen molar-refractivity contribution < 1.29 is 0 Å². The number of hydrogen-bond donors (Lipinski definition) is 1. The monoisotopic (exact) mass is 351 g/mol. The van der Waals surface area contributed by atoms with Gasteiger partial charge in [-0.1, -0.05) is 65.2 Å². The molecule has 1 rings (SSSR count). The Bertz CT molecular complexity index is 291. The summed E-state index contributed by atoms with van der Waals surface area (Å²) in [6, 6.07) is 8.02. The molecule has 1 aromatic rings. The van der Waals surface area contributed by atoms with Gasteiger partial charge in [-0.25, -0.2) is 0 Å². The molecular formula is C13H19ClIN. The summed E-state index contributed by atoms with van der Waals surface area (Å²) < 4.78 is 1.28. The molecule has 0 atom stereocenters. The molecule has 90 valence electrons. The molecule has 0 radical (unpaired) electrons. The summed E-state index contributed by atoms with van der Waals surface area (Å²) >= 11 is 8.50. The van der Waals surface area contributed by atoms with Crippen LogP contribution in [-0.2, 0) is 6.54 Å². The van der Waals surface area contributed by atoms with Gasteiger partial charge in [0.2, 0.25) is 0 Å². The number of hydrogen-bond acceptors (Lipinski definition) is 1. The highest BCUT2D eigenvalue weighted by atomic mass is 127. The second-order valence-electron chi connectivity index (χ2n) is 3.87. The zero-order valence-corrected chi connectivity index (χ0v) is 12.4. The molecule has 0 saturated carbocycles. The highest BCUT2D eigenvalue weighted by Crippen LogP contribution is 2.14. The Morgan fingerprint density at radius 1 is 1.06 bits per heavy atom. The van der Waals surface area contributed by atoms with Crippen molar-refractivity contribution in [2.75, 3.05) is 11.0 Å². The van der Waals surface area contributed by atoms with Gasteiger partial charge in [-0.2, -0.15) is 0 Å². The van der Waals surface area contributed by atoms with Crippen molar-refractivity contribution in [3.05, 3.63) is 34.9 Å². The second-order valence-corrected chi connectivity index (χ2v) is 5.36. The largest absolute Gasteiger partial charge is 0.313 e. The van der Waals surface area contributed by atoms with E-state index in [4.69, 9.17) is 11.6 Å². The molecular weight excluding hydrogens is 333 g/mol. The molecule has 3 heteroatoms. The first-order valence-corrected chi connectivity index (χ1v) is 7.75. The Balaban J connectivity index is 2.05. The van der Waals surface area contributed by atoms with E-state index in [0.29, 0.717) is 0 Å². The third kappa shape index (κ3) is 6.06. The summed E-state index contributed by atoms with van der Waals surface area (Å²) in [6.45, 7) is 1.97. The van der Waals surface area contributed by atoms with Crippen molar-refractivity contribution in [3.8, 4) is 0 Å². The third-order valence-electron chi connectivity index (χ3n) is 2.51. The van der Waals surface area contributed by atoms with Gasteiger partial charge in [0.1, 0.15) is 0 Å². The minimum atomic E-state index is 0.861. The van der Waals surface area contributed by atoms with Crippen molar-refractivity contribution in [2.24, 2.45) is 0 Å². The maximum Gasteiger partial charge on any atom is 0.0450 e. The topological polar surface area (TPSA) is 12.0 Å². The number of rotatable bonds is 8. The molecule has 1 N–H and O–H groups in total. The number of benzene rings is 1. The highest BCUT2D eigenvalue weighted by molar-refractivity contribution is 14.1. The molecule has 0 aromatic heterocycles. The van der Waals surface area contributed by atoms with Crippen LogP contribution in [0.1, 0.15) is 31.2 Å². The SMILES string of the molecule is Clc1ccccc1CNCCCCCCI. The molecule has 0 saturated heterocycles. The number of unbranched alkanes of at least 4 members (excludes halogenated alkanes) is 3. The molecule has 0 aliphatic rings. The fourth-order valence-electron chi connectivity index (χ4n) is 1.56. The molecule has 0 unspecified atom stereocenters. The van der Waals surface area contributed by atoms with E-state index in [9.17, 15) is 0 Å². The highest BCUT2D eigenvalue weighted by Gasteiger charge is 1.97. The fourth-order valence-corrected chi connectivity index (χ4v) is 2.30. The first-order chi connectivity index (χ1) is 7.84. The van der Waals surface area contributed by atoms with E-state index >= 15 is 0 Å². The third-order valence-corrected chi connectivity index (χ3v) is 3.64. The van der Waals surface area contributed by atoms with Crippen LogP contribution in [0, 0.1) is 0 Å². The van der Waals surface area contributed by atoms with E-state index in [1.165, 1.54) is 35.7 Å². The van der Waals surface area contributed by atoms with E-state index in [0.717, 1.165) is 18.1 Å². The predicted octanol–water partition coefficient (Wildman–Crippen LogP) is 4.43. The maximum atomic E-state index is 6.06. The number of halogens is 2. The Morgan fingerprint density at radius 2 is 1.81 bits per heavy atom. The minimum Gasteiger partial charge on any atom is -0.313 e. The molecule has 0 amide bonds. The van der Waals surface area contributed by atoms with Crippen LogP contribution in [0.4, 0.5) is 0 Å². The smallest absolute Gasteiger partial charge is 0.0450 e. The molecule has 0 aliphatic carbocycles. The van der Waals surface area contributed by atoms with Gasteiger partial charge in [-0.3, -0.25) is 0 Å². The zero-order chi connectivity index (χ0) is 11.6. The molecule has 1 aromatic carbocycles. The van der Waals surface area contributed by atoms with Gasteiger partial charge >= 0.3 is 0 Å². The lowest BCUT2D eigenvalue weighted by atomic mass is 10.2. The molecule has 0 bridgehead atoms. The Hall–Kier alpha value is 0.200. The minimum absolute atomic E-state index is 0.861. The van der Waals surface area contributed by atoms with Crippen molar-refractivity contribution in [3.63, 3.8) is 0 Å². The molecule has 0 fully saturated rings. The van der Waals surface area contributed by atoms with Crippen LogP contribution in [0.25, 0.3) is 0 Å². The van der Waals surface area contributed by atoms with E-state index in [-0.39, 0.29) is 0 Å². The summed E-state index contributed by atoms with van der Waals surface area (Å²) in [4.78, 5) is 0. The quantitative estimate of drug-likeness (QED) is 0.415. The lowest BCUT2D eigenvalue weighted by Gasteiger charge is -2.06. The van der Waals surface area contributed by atoms with Crippen molar-refractivity contribution in [1.29, 1.82) is 0 Å². The van der Waals surface area contributed by atoms with E-state index in [1.807, 2.05) is 18.2 Å². The summed E-state index contributed by atoms with van der Waals surface area (Å²) in [5.41, 5.74) is 1.19. The Morgan fingerprint density at radius 3 is 2.56 bits per heavy atom. The van der Waals surface area contributed by atoms with Gasteiger partial charge in [0.05, 0.1) is 0 Å². The zero-order valence-electron chi connectivity index (χ0n) is 9.52. The number of nitrogens with one attached hydrogen (secondary N) is 1. The van der Waals surface area contributed by atoms with Gasteiger partial charge in [-0.05, 0) is 35.4 Å². The summed E-state index contributed by atoms with van der Waals surface area (Å²) in [5, 5.41) is 4.29. The first-order valence-electron chi connectivity index (χ1n) is 5.84. The Kier molecular flexibility index (Phi) is 8.25. The summed E-state index contributed by atoms with van der Waals surface area (Å²) in [6.07, 6.45) is 5.31. The van der Waals surface area contributed by atoms with Crippen LogP contribution in [0.3, 0.4) is 0 Å². The molecule has 0 heterocycles. The van der Waals surface area contributed by atoms with Crippen molar-refractivity contribution >= 4 is 34.2 Å². The molecule has 16 heavy (non-hydrogen) atoms. The van der Waals surface area contributed by atoms with Gasteiger partial charge in [0.15, 0.2) is 0 Å². The van der Waals surface area contributed by atoms with Crippen molar-refractivity contribution in [2.45, 2.75) is 32.2 Å². The van der Waals surface area contributed by atoms with Crippen LogP contribution >= 0.6 is 34.2 Å². The van der Waals surface area contributed by atoms with Gasteiger partial charge in [0, 0.05) is 11.6 Å². The summed E-state index contributed by atoms with van der Waals surface area (Å²) in [5.74, 6) is 0. The Labute approximate surface area is 117 Å². The van der Waals surface area contributed by atoms with Crippen LogP contribution in [-0.4, -0.2) is 11.0 Å². The van der Waals surface area contributed by atoms with Gasteiger partial charge in [0.25, 0.3) is 0 Å². The van der Waals surface area contributed by atoms with E-state index < -0.39 is 0 Å². The molecule has 0 spiro atoms. The number of alkyl halides is 1. The van der Waals surface area contributed by atoms with Crippen molar-refractivity contribution in [1.82, 2.24) is 5.32 Å². The van der Waals surface area contributed by atoms with Gasteiger partial charge < -0.3 is 5.32 Å². The lowest BCUT2D eigenvalue weighted by molar-refractivity contribution is 0.600. The molecule has 1 nitrogen and oxygen atoms in total. The van der Waals surface area contributed by atoms with E-state index in [1.54, 1.807) is 0 Å². The average molecular weight is 352 g/mol. The normalized spacial score (nSPS) is 10.6. The van der Waals surface area contributed by atoms with E-state index in [2.05, 4.69) is 34.0 Å².